The van der Waals surface area contributed by atoms with Gasteiger partial charge in [0.15, 0.2) is 5.75 Å². The molecule has 0 N–H and O–H groups in total. The van der Waals surface area contributed by atoms with Crippen LogP contribution in [-0.4, -0.2) is 26.1 Å². The molecule has 0 aliphatic rings. The molecule has 0 bridgehead atoms. The van der Waals surface area contributed by atoms with Gasteiger partial charge in [0.2, 0.25) is 0 Å². The summed E-state index contributed by atoms with van der Waals surface area (Å²) < 4.78 is 12.2. The van der Waals surface area contributed by atoms with Crippen LogP contribution in [0.2, 0.25) is 0 Å². The highest BCUT2D eigenvalue weighted by atomic mass is 16.6. The predicted molar refractivity (Wildman–Crippen MR) is 66.9 cm³/mol. The highest BCUT2D eigenvalue weighted by Crippen LogP contribution is 2.35. The fourth-order valence-electron chi connectivity index (χ4n) is 2.06. The van der Waals surface area contributed by atoms with Crippen molar-refractivity contribution in [3.63, 3.8) is 0 Å². The number of nitriles is 1. The molecule has 2 aromatic rings. The van der Waals surface area contributed by atoms with Gasteiger partial charge in [0.05, 0.1) is 32.2 Å². The largest absolute Gasteiger partial charge is 0.497 e. The zero-order valence-electron chi connectivity index (χ0n) is 10.6. The standard InChI is InChI=1S/C13H14N2O3/c1-16-9-4-5-11-10(8-9)13(17-2)12(6-7-14)15(11)18-3/h4-5,8H,6H2,1-3H3. The Kier molecular flexibility index (Phi) is 3.28. The molecule has 1 aromatic carbocycles. The van der Waals surface area contributed by atoms with Gasteiger partial charge in [-0.25, -0.2) is 0 Å². The van der Waals surface area contributed by atoms with Gasteiger partial charge in [0, 0.05) is 5.39 Å². The van der Waals surface area contributed by atoms with Gasteiger partial charge >= 0.3 is 0 Å². The smallest absolute Gasteiger partial charge is 0.152 e. The van der Waals surface area contributed by atoms with Crippen LogP contribution in [-0.2, 0) is 6.42 Å². The molecule has 0 radical (unpaired) electrons. The van der Waals surface area contributed by atoms with E-state index < -0.39 is 0 Å². The normalized spacial score (nSPS) is 10.1. The maximum absolute atomic E-state index is 8.89. The maximum atomic E-state index is 8.89. The quantitative estimate of drug-likeness (QED) is 0.825. The van der Waals surface area contributed by atoms with Crippen LogP contribution in [0.5, 0.6) is 11.5 Å². The van der Waals surface area contributed by atoms with Gasteiger partial charge in [-0.15, -0.1) is 0 Å². The third-order valence-electron chi connectivity index (χ3n) is 2.81. The number of hydrogen-bond acceptors (Lipinski definition) is 4. The summed E-state index contributed by atoms with van der Waals surface area (Å²) in [7, 11) is 4.75. The summed E-state index contributed by atoms with van der Waals surface area (Å²) in [5.74, 6) is 1.38. The van der Waals surface area contributed by atoms with E-state index in [2.05, 4.69) is 6.07 Å². The Bertz CT molecular complexity index is 611. The van der Waals surface area contributed by atoms with Crippen molar-refractivity contribution in [2.75, 3.05) is 21.3 Å². The molecule has 0 aliphatic carbocycles. The van der Waals surface area contributed by atoms with Crippen LogP contribution in [0.1, 0.15) is 5.69 Å². The van der Waals surface area contributed by atoms with E-state index in [4.69, 9.17) is 19.6 Å². The van der Waals surface area contributed by atoms with E-state index in [0.717, 1.165) is 16.7 Å². The van der Waals surface area contributed by atoms with Crippen molar-refractivity contribution in [1.29, 1.82) is 5.26 Å². The monoisotopic (exact) mass is 246 g/mol. The summed E-state index contributed by atoms with van der Waals surface area (Å²) in [6.45, 7) is 0. The number of hydrogen-bond donors (Lipinski definition) is 0. The van der Waals surface area contributed by atoms with Crippen LogP contribution in [0.15, 0.2) is 18.2 Å². The molecule has 0 spiro atoms. The molecule has 1 aromatic heterocycles. The minimum Gasteiger partial charge on any atom is -0.497 e. The van der Waals surface area contributed by atoms with Gasteiger partial charge in [-0.3, -0.25) is 0 Å². The molecule has 0 aliphatic heterocycles. The average Bonchev–Trinajstić information content (AvgIpc) is 2.70. The van der Waals surface area contributed by atoms with Crippen molar-refractivity contribution in [1.82, 2.24) is 4.73 Å². The van der Waals surface area contributed by atoms with Gasteiger partial charge in [0.25, 0.3) is 0 Å². The Morgan fingerprint density at radius 3 is 2.56 bits per heavy atom. The van der Waals surface area contributed by atoms with Crippen LogP contribution in [0.25, 0.3) is 10.9 Å². The molecule has 0 amide bonds. The first kappa shape index (κ1) is 12.1. The lowest BCUT2D eigenvalue weighted by molar-refractivity contribution is 0.170. The van der Waals surface area contributed by atoms with Crippen molar-refractivity contribution >= 4 is 10.9 Å². The van der Waals surface area contributed by atoms with Gasteiger partial charge < -0.3 is 14.3 Å². The number of aromatic nitrogens is 1. The zero-order valence-corrected chi connectivity index (χ0v) is 10.6. The first-order valence-corrected chi connectivity index (χ1v) is 5.43. The van der Waals surface area contributed by atoms with Crippen LogP contribution < -0.4 is 14.3 Å². The summed E-state index contributed by atoms with van der Waals surface area (Å²) in [5, 5.41) is 9.75. The lowest BCUT2D eigenvalue weighted by atomic mass is 10.2. The summed E-state index contributed by atoms with van der Waals surface area (Å²) in [6.07, 6.45) is 0.216. The number of methoxy groups -OCH3 is 2. The summed E-state index contributed by atoms with van der Waals surface area (Å²) in [6, 6.07) is 7.69. The van der Waals surface area contributed by atoms with E-state index in [1.54, 1.807) is 26.1 Å². The number of benzene rings is 1. The summed E-state index contributed by atoms with van der Waals surface area (Å²) >= 11 is 0. The molecule has 0 saturated heterocycles. The van der Waals surface area contributed by atoms with E-state index in [0.29, 0.717) is 11.4 Å². The molecular formula is C13H14N2O3. The van der Waals surface area contributed by atoms with Crippen molar-refractivity contribution in [2.45, 2.75) is 6.42 Å². The number of fused-ring (bicyclic) bond motifs is 1. The molecule has 0 unspecified atom stereocenters. The Morgan fingerprint density at radius 1 is 1.22 bits per heavy atom. The van der Waals surface area contributed by atoms with Gasteiger partial charge in [-0.05, 0) is 18.2 Å². The van der Waals surface area contributed by atoms with Crippen LogP contribution >= 0.6 is 0 Å². The molecule has 94 valence electrons. The van der Waals surface area contributed by atoms with E-state index in [-0.39, 0.29) is 6.42 Å². The lowest BCUT2D eigenvalue weighted by Crippen LogP contribution is -2.09. The predicted octanol–water partition coefficient (Wildman–Crippen LogP) is 1.78. The van der Waals surface area contributed by atoms with Crippen molar-refractivity contribution in [3.05, 3.63) is 23.9 Å². The number of rotatable bonds is 4. The summed E-state index contributed by atoms with van der Waals surface area (Å²) in [5.41, 5.74) is 1.55. The van der Waals surface area contributed by atoms with E-state index in [9.17, 15) is 0 Å². The topological polar surface area (TPSA) is 56.4 Å². The highest BCUT2D eigenvalue weighted by Gasteiger charge is 2.18. The van der Waals surface area contributed by atoms with Crippen molar-refractivity contribution in [2.24, 2.45) is 0 Å². The average molecular weight is 246 g/mol. The van der Waals surface area contributed by atoms with Crippen LogP contribution in [0, 0.1) is 11.3 Å². The Labute approximate surface area is 105 Å². The minimum atomic E-state index is 0.216. The third kappa shape index (κ3) is 1.72. The van der Waals surface area contributed by atoms with Crippen LogP contribution in [0.3, 0.4) is 0 Å². The summed E-state index contributed by atoms with van der Waals surface area (Å²) in [4.78, 5) is 5.31. The molecule has 2 rings (SSSR count). The molecule has 0 atom stereocenters. The van der Waals surface area contributed by atoms with Crippen LogP contribution in [0.4, 0.5) is 0 Å². The fourth-order valence-corrected chi connectivity index (χ4v) is 2.06. The zero-order chi connectivity index (χ0) is 13.1. The SMILES string of the molecule is COc1ccc2c(c1)c(OC)c(CC#N)n2OC. The second-order valence-corrected chi connectivity index (χ2v) is 3.67. The Balaban J connectivity index is 2.78. The molecule has 1 heterocycles. The lowest BCUT2D eigenvalue weighted by Gasteiger charge is -2.06. The van der Waals surface area contributed by atoms with E-state index in [1.165, 1.54) is 0 Å². The molecule has 0 saturated carbocycles. The molecule has 5 nitrogen and oxygen atoms in total. The molecule has 0 fully saturated rings. The Hall–Kier alpha value is -2.35. The number of ether oxygens (including phenoxy) is 2. The molecule has 5 heteroatoms. The second kappa shape index (κ2) is 4.88. The second-order valence-electron chi connectivity index (χ2n) is 3.67. The van der Waals surface area contributed by atoms with Gasteiger partial charge in [-0.2, -0.15) is 9.99 Å². The highest BCUT2D eigenvalue weighted by molar-refractivity contribution is 5.89. The number of nitrogens with zero attached hydrogens (tertiary/aromatic N) is 2. The van der Waals surface area contributed by atoms with Crippen molar-refractivity contribution < 1.29 is 14.3 Å². The van der Waals surface area contributed by atoms with Crippen molar-refractivity contribution in [3.8, 4) is 17.6 Å². The molecular weight excluding hydrogens is 232 g/mol. The Morgan fingerprint density at radius 2 is 2.00 bits per heavy atom. The minimum absolute atomic E-state index is 0.216. The molecule has 18 heavy (non-hydrogen) atoms. The van der Waals surface area contributed by atoms with E-state index in [1.807, 2.05) is 18.2 Å². The maximum Gasteiger partial charge on any atom is 0.152 e. The van der Waals surface area contributed by atoms with E-state index >= 15 is 0 Å². The van der Waals surface area contributed by atoms with Gasteiger partial charge in [0.1, 0.15) is 18.6 Å². The van der Waals surface area contributed by atoms with Gasteiger partial charge in [-0.1, -0.05) is 0 Å². The third-order valence-corrected chi connectivity index (χ3v) is 2.81. The fraction of sp³-hybridized carbons (Fsp3) is 0.308. The first-order valence-electron chi connectivity index (χ1n) is 5.43. The first-order chi connectivity index (χ1) is 8.76.